The van der Waals surface area contributed by atoms with Crippen molar-refractivity contribution in [3.8, 4) is 11.6 Å². The number of ether oxygens (including phenoxy) is 1. The highest BCUT2D eigenvalue weighted by Crippen LogP contribution is 2.33. The van der Waals surface area contributed by atoms with Crippen molar-refractivity contribution < 1.29 is 14.2 Å². The highest BCUT2D eigenvalue weighted by Gasteiger charge is 2.09. The lowest BCUT2D eigenvalue weighted by Gasteiger charge is -2.08. The number of pyridine rings is 1. The van der Waals surface area contributed by atoms with E-state index in [-0.39, 0.29) is 23.3 Å². The second kappa shape index (κ2) is 5.65. The molecular weight excluding hydrogens is 324 g/mol. The minimum absolute atomic E-state index is 0.00583. The maximum Gasteiger partial charge on any atom is 0.219 e. The van der Waals surface area contributed by atoms with Gasteiger partial charge in [0.05, 0.1) is 16.1 Å². The third-order valence-electron chi connectivity index (χ3n) is 2.17. The summed E-state index contributed by atoms with van der Waals surface area (Å²) in [6.45, 7) is -0.116. The molecule has 0 saturated heterocycles. The van der Waals surface area contributed by atoms with Crippen LogP contribution in [0.5, 0.6) is 11.6 Å². The van der Waals surface area contributed by atoms with Gasteiger partial charge < -0.3 is 9.84 Å². The van der Waals surface area contributed by atoms with Crippen molar-refractivity contribution in [2.24, 2.45) is 0 Å². The lowest BCUT2D eigenvalue weighted by molar-refractivity contribution is 0.281. The first-order valence-corrected chi connectivity index (χ1v) is 6.15. The molecule has 0 aliphatic heterocycles. The number of aromatic nitrogens is 1. The average molecular weight is 333 g/mol. The predicted octanol–water partition coefficient (Wildman–Crippen LogP) is 3.92. The summed E-state index contributed by atoms with van der Waals surface area (Å²) in [7, 11) is 0. The maximum atomic E-state index is 13.3. The van der Waals surface area contributed by atoms with Crippen LogP contribution in [-0.4, -0.2) is 10.1 Å². The molecule has 0 aliphatic carbocycles. The van der Waals surface area contributed by atoms with E-state index < -0.39 is 5.82 Å². The summed E-state index contributed by atoms with van der Waals surface area (Å²) in [5.41, 5.74) is 0.658. The topological polar surface area (TPSA) is 42.4 Å². The minimum Gasteiger partial charge on any atom is -0.438 e. The van der Waals surface area contributed by atoms with E-state index in [1.165, 1.54) is 18.3 Å². The highest BCUT2D eigenvalue weighted by atomic mass is 79.9. The molecule has 0 saturated carbocycles. The molecule has 1 heterocycles. The van der Waals surface area contributed by atoms with Gasteiger partial charge in [0.15, 0.2) is 0 Å². The second-order valence-electron chi connectivity index (χ2n) is 3.46. The van der Waals surface area contributed by atoms with Crippen LogP contribution in [0.15, 0.2) is 34.9 Å². The standard InChI is InChI=1S/C12H8BrClFNO2/c13-8-4-9(14)10(15)5-11(8)18-12-3-7(6-17)1-2-16-12/h1-5,17H,6H2. The molecule has 0 amide bonds. The lowest BCUT2D eigenvalue weighted by Crippen LogP contribution is -1.92. The zero-order valence-electron chi connectivity index (χ0n) is 9.03. The first kappa shape index (κ1) is 13.3. The van der Waals surface area contributed by atoms with Crippen molar-refractivity contribution in [1.29, 1.82) is 0 Å². The number of rotatable bonds is 3. The molecule has 0 spiro atoms. The third-order valence-corrected chi connectivity index (χ3v) is 3.08. The first-order valence-electron chi connectivity index (χ1n) is 4.98. The van der Waals surface area contributed by atoms with Crippen LogP contribution in [0, 0.1) is 5.82 Å². The summed E-state index contributed by atoms with van der Waals surface area (Å²) in [6, 6.07) is 5.80. The van der Waals surface area contributed by atoms with Gasteiger partial charge in [-0.2, -0.15) is 0 Å². The SMILES string of the molecule is OCc1ccnc(Oc2cc(F)c(Cl)cc2Br)c1. The van der Waals surface area contributed by atoms with Gasteiger partial charge in [-0.1, -0.05) is 11.6 Å². The van der Waals surface area contributed by atoms with Gasteiger partial charge in [0.25, 0.3) is 0 Å². The van der Waals surface area contributed by atoms with Gasteiger partial charge in [-0.05, 0) is 33.6 Å². The molecule has 2 aromatic rings. The Labute approximate surface area is 116 Å². The van der Waals surface area contributed by atoms with Crippen molar-refractivity contribution in [3.63, 3.8) is 0 Å². The quantitative estimate of drug-likeness (QED) is 0.866. The Kier molecular flexibility index (Phi) is 4.16. The molecule has 1 aromatic heterocycles. The summed E-state index contributed by atoms with van der Waals surface area (Å²) in [4.78, 5) is 3.97. The van der Waals surface area contributed by atoms with E-state index in [0.717, 1.165) is 0 Å². The van der Waals surface area contributed by atoms with E-state index >= 15 is 0 Å². The Morgan fingerprint density at radius 2 is 2.17 bits per heavy atom. The van der Waals surface area contributed by atoms with Gasteiger partial charge in [-0.25, -0.2) is 9.37 Å². The van der Waals surface area contributed by atoms with Crippen molar-refractivity contribution in [2.75, 3.05) is 0 Å². The fourth-order valence-corrected chi connectivity index (χ4v) is 2.02. The van der Waals surface area contributed by atoms with Crippen LogP contribution in [0.2, 0.25) is 5.02 Å². The zero-order chi connectivity index (χ0) is 13.1. The molecule has 1 N–H and O–H groups in total. The minimum atomic E-state index is -0.576. The van der Waals surface area contributed by atoms with Crippen LogP contribution in [0.25, 0.3) is 0 Å². The Morgan fingerprint density at radius 3 is 2.89 bits per heavy atom. The molecule has 18 heavy (non-hydrogen) atoms. The molecule has 3 nitrogen and oxygen atoms in total. The van der Waals surface area contributed by atoms with Gasteiger partial charge >= 0.3 is 0 Å². The summed E-state index contributed by atoms with van der Waals surface area (Å²) in [6.07, 6.45) is 1.50. The van der Waals surface area contributed by atoms with Gasteiger partial charge in [0.2, 0.25) is 5.88 Å². The van der Waals surface area contributed by atoms with Crippen LogP contribution >= 0.6 is 27.5 Å². The van der Waals surface area contributed by atoms with Gasteiger partial charge in [-0.3, -0.25) is 0 Å². The summed E-state index contributed by atoms with van der Waals surface area (Å²) < 4.78 is 19.3. The van der Waals surface area contributed by atoms with E-state index in [4.69, 9.17) is 21.4 Å². The van der Waals surface area contributed by atoms with E-state index in [0.29, 0.717) is 10.0 Å². The number of aliphatic hydroxyl groups excluding tert-OH is 1. The van der Waals surface area contributed by atoms with E-state index in [2.05, 4.69) is 20.9 Å². The Balaban J connectivity index is 2.30. The van der Waals surface area contributed by atoms with Crippen molar-refractivity contribution in [2.45, 2.75) is 6.61 Å². The number of benzene rings is 1. The third kappa shape index (κ3) is 2.98. The van der Waals surface area contributed by atoms with Gasteiger partial charge in [0, 0.05) is 18.3 Å². The molecule has 6 heteroatoms. The average Bonchev–Trinajstić information content (AvgIpc) is 2.36. The van der Waals surface area contributed by atoms with Crippen LogP contribution in [0.4, 0.5) is 4.39 Å². The maximum absolute atomic E-state index is 13.3. The smallest absolute Gasteiger partial charge is 0.219 e. The van der Waals surface area contributed by atoms with Crippen molar-refractivity contribution in [1.82, 2.24) is 4.98 Å². The molecule has 0 fully saturated rings. The van der Waals surface area contributed by atoms with Crippen LogP contribution < -0.4 is 4.74 Å². The predicted molar refractivity (Wildman–Crippen MR) is 69.3 cm³/mol. The highest BCUT2D eigenvalue weighted by molar-refractivity contribution is 9.10. The molecule has 0 bridgehead atoms. The van der Waals surface area contributed by atoms with Crippen LogP contribution in [0.1, 0.15) is 5.56 Å². The summed E-state index contributed by atoms with van der Waals surface area (Å²) in [5, 5.41) is 9.00. The molecule has 1 aromatic carbocycles. The van der Waals surface area contributed by atoms with E-state index in [1.807, 2.05) is 0 Å². The summed E-state index contributed by atoms with van der Waals surface area (Å²) in [5.74, 6) is -0.0448. The molecular formula is C12H8BrClFNO2. The normalized spacial score (nSPS) is 10.4. The van der Waals surface area contributed by atoms with Crippen molar-refractivity contribution >= 4 is 27.5 Å². The largest absolute Gasteiger partial charge is 0.438 e. The second-order valence-corrected chi connectivity index (χ2v) is 4.72. The summed E-state index contributed by atoms with van der Waals surface area (Å²) >= 11 is 8.85. The molecule has 94 valence electrons. The van der Waals surface area contributed by atoms with E-state index in [1.54, 1.807) is 12.1 Å². The van der Waals surface area contributed by atoms with Crippen LogP contribution in [0.3, 0.4) is 0 Å². The molecule has 2 rings (SSSR count). The Morgan fingerprint density at radius 1 is 1.39 bits per heavy atom. The molecule has 0 unspecified atom stereocenters. The monoisotopic (exact) mass is 331 g/mol. The van der Waals surface area contributed by atoms with Gasteiger partial charge in [0.1, 0.15) is 11.6 Å². The number of hydrogen-bond donors (Lipinski definition) is 1. The molecule has 0 radical (unpaired) electrons. The van der Waals surface area contributed by atoms with Crippen molar-refractivity contribution in [3.05, 3.63) is 51.3 Å². The number of aliphatic hydroxyl groups is 1. The van der Waals surface area contributed by atoms with E-state index in [9.17, 15) is 4.39 Å². The number of hydrogen-bond acceptors (Lipinski definition) is 3. The Hall–Kier alpha value is -1.17. The number of nitrogens with zero attached hydrogens (tertiary/aromatic N) is 1. The molecule has 0 aliphatic rings. The van der Waals surface area contributed by atoms with Gasteiger partial charge in [-0.15, -0.1) is 0 Å². The molecule has 0 atom stereocenters. The Bertz CT molecular complexity index is 580. The lowest BCUT2D eigenvalue weighted by atomic mass is 10.3. The zero-order valence-corrected chi connectivity index (χ0v) is 11.4. The number of halogens is 3. The van der Waals surface area contributed by atoms with Crippen LogP contribution in [-0.2, 0) is 6.61 Å². The fourth-order valence-electron chi connectivity index (χ4n) is 1.30. The first-order chi connectivity index (χ1) is 8.60. The fraction of sp³-hybridized carbons (Fsp3) is 0.0833.